The third-order valence-corrected chi connectivity index (χ3v) is 3.57. The number of hydrogen-bond donors (Lipinski definition) is 1. The second-order valence-electron chi connectivity index (χ2n) is 6.48. The molecule has 1 aromatic rings. The van der Waals surface area contributed by atoms with Crippen molar-refractivity contribution in [1.82, 2.24) is 10.2 Å². The minimum absolute atomic E-state index is 0.0983. The maximum absolute atomic E-state index is 5.78. The van der Waals surface area contributed by atoms with Gasteiger partial charge in [0.25, 0.3) is 0 Å². The van der Waals surface area contributed by atoms with Crippen molar-refractivity contribution in [3.8, 4) is 0 Å². The van der Waals surface area contributed by atoms with E-state index in [0.29, 0.717) is 6.61 Å². The Morgan fingerprint density at radius 2 is 1.90 bits per heavy atom. The molecule has 0 atom stereocenters. The zero-order chi connectivity index (χ0) is 15.9. The zero-order valence-corrected chi connectivity index (χ0v) is 14.6. The van der Waals surface area contributed by atoms with Gasteiger partial charge in [0.05, 0.1) is 19.8 Å². The van der Waals surface area contributed by atoms with Crippen molar-refractivity contribution in [3.63, 3.8) is 0 Å². The molecule has 0 aromatic carbocycles. The number of furan rings is 1. The molecule has 0 aliphatic carbocycles. The average Bonchev–Trinajstić information content (AvgIpc) is 2.77. The molecule has 1 heterocycles. The lowest BCUT2D eigenvalue weighted by Gasteiger charge is -2.19. The molecule has 0 aliphatic heterocycles. The van der Waals surface area contributed by atoms with Crippen molar-refractivity contribution in [2.45, 2.75) is 60.2 Å². The molecule has 4 heteroatoms. The highest BCUT2D eigenvalue weighted by Crippen LogP contribution is 2.16. The first-order valence-electron chi connectivity index (χ1n) is 7.99. The Bertz CT molecular complexity index is 403. The van der Waals surface area contributed by atoms with E-state index < -0.39 is 0 Å². The number of hydrogen-bond acceptors (Lipinski definition) is 4. The van der Waals surface area contributed by atoms with Gasteiger partial charge in [-0.25, -0.2) is 0 Å². The number of nitrogens with one attached hydrogen (secondary N) is 1. The van der Waals surface area contributed by atoms with E-state index in [0.717, 1.165) is 49.9 Å². The fourth-order valence-corrected chi connectivity index (χ4v) is 2.09. The summed E-state index contributed by atoms with van der Waals surface area (Å²) in [5.74, 6) is 1.94. The van der Waals surface area contributed by atoms with Crippen LogP contribution in [0.3, 0.4) is 0 Å². The summed E-state index contributed by atoms with van der Waals surface area (Å²) in [6, 6.07) is 2.10. The van der Waals surface area contributed by atoms with Crippen LogP contribution in [0, 0.1) is 6.92 Å². The van der Waals surface area contributed by atoms with E-state index in [9.17, 15) is 0 Å². The second kappa shape index (κ2) is 8.57. The molecular weight excluding hydrogens is 264 g/mol. The monoisotopic (exact) mass is 296 g/mol. The lowest BCUT2D eigenvalue weighted by atomic mass is 10.1. The van der Waals surface area contributed by atoms with Crippen molar-refractivity contribution >= 4 is 0 Å². The summed E-state index contributed by atoms with van der Waals surface area (Å²) in [5.41, 5.74) is 1.25. The molecule has 1 N–H and O–H groups in total. The van der Waals surface area contributed by atoms with Gasteiger partial charge in [-0.3, -0.25) is 0 Å². The molecule has 0 unspecified atom stereocenters. The van der Waals surface area contributed by atoms with Crippen LogP contribution in [0.4, 0.5) is 0 Å². The van der Waals surface area contributed by atoms with E-state index in [4.69, 9.17) is 9.15 Å². The minimum atomic E-state index is 0.0983. The minimum Gasteiger partial charge on any atom is -0.465 e. The Morgan fingerprint density at radius 3 is 2.48 bits per heavy atom. The van der Waals surface area contributed by atoms with Gasteiger partial charge >= 0.3 is 0 Å². The van der Waals surface area contributed by atoms with Crippen molar-refractivity contribution in [1.29, 1.82) is 0 Å². The molecule has 0 amide bonds. The molecule has 4 nitrogen and oxygen atoms in total. The maximum atomic E-state index is 5.78. The van der Waals surface area contributed by atoms with Gasteiger partial charge in [-0.1, -0.05) is 13.8 Å². The zero-order valence-electron chi connectivity index (χ0n) is 14.6. The SMILES string of the molecule is CCN(CC)CCOCc1cc(CNC(C)(C)C)oc1C. The first kappa shape index (κ1) is 18.2. The van der Waals surface area contributed by atoms with Gasteiger partial charge in [0.2, 0.25) is 0 Å². The van der Waals surface area contributed by atoms with Crippen LogP contribution < -0.4 is 5.32 Å². The molecule has 1 rings (SSSR count). The summed E-state index contributed by atoms with van der Waals surface area (Å²) in [5, 5.41) is 3.43. The van der Waals surface area contributed by atoms with Crippen LogP contribution >= 0.6 is 0 Å². The topological polar surface area (TPSA) is 37.6 Å². The average molecular weight is 296 g/mol. The third kappa shape index (κ3) is 7.11. The number of likely N-dealkylation sites (N-methyl/N-ethyl adjacent to an activating group) is 1. The predicted octanol–water partition coefficient (Wildman–Crippen LogP) is 3.33. The molecule has 0 saturated carbocycles. The van der Waals surface area contributed by atoms with Gasteiger partial charge in [0.15, 0.2) is 0 Å². The fraction of sp³-hybridized carbons (Fsp3) is 0.765. The molecule has 0 radical (unpaired) electrons. The highest BCUT2D eigenvalue weighted by molar-refractivity contribution is 5.20. The Balaban J connectivity index is 2.37. The van der Waals surface area contributed by atoms with Crippen LogP contribution in [-0.4, -0.2) is 36.7 Å². The summed E-state index contributed by atoms with van der Waals surface area (Å²) < 4.78 is 11.5. The first-order valence-corrected chi connectivity index (χ1v) is 7.99. The highest BCUT2D eigenvalue weighted by Gasteiger charge is 2.12. The van der Waals surface area contributed by atoms with Gasteiger partial charge in [-0.05, 0) is 46.9 Å². The number of nitrogens with zero attached hydrogens (tertiary/aromatic N) is 1. The van der Waals surface area contributed by atoms with Gasteiger partial charge in [-0.2, -0.15) is 0 Å². The first-order chi connectivity index (χ1) is 9.85. The molecule has 21 heavy (non-hydrogen) atoms. The summed E-state index contributed by atoms with van der Waals surface area (Å²) >= 11 is 0. The van der Waals surface area contributed by atoms with Crippen LogP contribution in [0.1, 0.15) is 51.7 Å². The van der Waals surface area contributed by atoms with Crippen LogP contribution in [0.25, 0.3) is 0 Å². The molecular formula is C17H32N2O2. The van der Waals surface area contributed by atoms with Gasteiger partial charge in [0, 0.05) is 17.6 Å². The summed E-state index contributed by atoms with van der Waals surface area (Å²) in [7, 11) is 0. The molecule has 0 fully saturated rings. The normalized spacial score (nSPS) is 12.3. The quantitative estimate of drug-likeness (QED) is 0.709. The molecule has 1 aromatic heterocycles. The Labute approximate surface area is 129 Å². The van der Waals surface area contributed by atoms with Crippen LogP contribution in [0.15, 0.2) is 10.5 Å². The van der Waals surface area contributed by atoms with Crippen LogP contribution in [-0.2, 0) is 17.9 Å². The number of rotatable bonds is 9. The third-order valence-electron chi connectivity index (χ3n) is 3.57. The summed E-state index contributed by atoms with van der Waals surface area (Å²) in [6.07, 6.45) is 0. The van der Waals surface area contributed by atoms with E-state index in [2.05, 4.69) is 50.9 Å². The lowest BCUT2D eigenvalue weighted by Crippen LogP contribution is -2.34. The second-order valence-corrected chi connectivity index (χ2v) is 6.48. The lowest BCUT2D eigenvalue weighted by molar-refractivity contribution is 0.0949. The smallest absolute Gasteiger partial charge is 0.118 e. The van der Waals surface area contributed by atoms with E-state index in [1.807, 2.05) is 6.92 Å². The van der Waals surface area contributed by atoms with Gasteiger partial charge < -0.3 is 19.4 Å². The molecule has 0 spiro atoms. The molecule has 0 aliphatic rings. The van der Waals surface area contributed by atoms with Crippen molar-refractivity contribution in [3.05, 3.63) is 23.2 Å². The summed E-state index contributed by atoms with van der Waals surface area (Å²) in [4.78, 5) is 2.36. The van der Waals surface area contributed by atoms with Crippen molar-refractivity contribution < 1.29 is 9.15 Å². The van der Waals surface area contributed by atoms with Gasteiger partial charge in [-0.15, -0.1) is 0 Å². The Kier molecular flexibility index (Phi) is 7.43. The highest BCUT2D eigenvalue weighted by atomic mass is 16.5. The van der Waals surface area contributed by atoms with Crippen molar-refractivity contribution in [2.75, 3.05) is 26.2 Å². The van der Waals surface area contributed by atoms with Crippen LogP contribution in [0.2, 0.25) is 0 Å². The van der Waals surface area contributed by atoms with E-state index in [-0.39, 0.29) is 5.54 Å². The van der Waals surface area contributed by atoms with Gasteiger partial charge in [0.1, 0.15) is 11.5 Å². The van der Waals surface area contributed by atoms with E-state index in [1.165, 1.54) is 0 Å². The molecule has 122 valence electrons. The predicted molar refractivity (Wildman–Crippen MR) is 87.5 cm³/mol. The fourth-order valence-electron chi connectivity index (χ4n) is 2.09. The summed E-state index contributed by atoms with van der Waals surface area (Å²) in [6.45, 7) is 18.1. The molecule has 0 bridgehead atoms. The number of aryl methyl sites for hydroxylation is 1. The van der Waals surface area contributed by atoms with E-state index in [1.54, 1.807) is 0 Å². The Hall–Kier alpha value is -0.840. The Morgan fingerprint density at radius 1 is 1.24 bits per heavy atom. The molecule has 0 saturated heterocycles. The maximum Gasteiger partial charge on any atom is 0.118 e. The van der Waals surface area contributed by atoms with E-state index >= 15 is 0 Å². The van der Waals surface area contributed by atoms with Crippen LogP contribution in [0.5, 0.6) is 0 Å². The standard InChI is InChI=1S/C17H32N2O2/c1-7-19(8-2)9-10-20-13-15-11-16(21-14(15)3)12-18-17(4,5)6/h11,18H,7-10,12-13H2,1-6H3. The largest absolute Gasteiger partial charge is 0.465 e. The number of ether oxygens (including phenoxy) is 1. The van der Waals surface area contributed by atoms with Crippen molar-refractivity contribution in [2.24, 2.45) is 0 Å².